The molecule has 1 aliphatic heterocycles. The fourth-order valence-electron chi connectivity index (χ4n) is 3.42. The number of aryl methyl sites for hydroxylation is 1. The first-order valence-corrected chi connectivity index (χ1v) is 8.72. The number of fused-ring (bicyclic) bond motifs is 1. The third-order valence-corrected chi connectivity index (χ3v) is 4.60. The van der Waals surface area contributed by atoms with Crippen LogP contribution in [0.3, 0.4) is 0 Å². The second-order valence-electron chi connectivity index (χ2n) is 6.32. The van der Waals surface area contributed by atoms with Gasteiger partial charge in [-0.25, -0.2) is 4.39 Å². The highest BCUT2D eigenvalue weighted by atomic mass is 19.1. The molecule has 3 N–H and O–H groups in total. The standard InChI is InChI=1S/C20H20FN3O3/c1-2-3-14-10-16-18(20(26)24(14)8-9-25)17(15(11-22)19(23)27-16)12-4-6-13(21)7-5-12/h4-7,10,17,25H,2-3,8-9,23H2,1H3. The molecular formula is C20H20FN3O3. The molecule has 0 saturated heterocycles. The molecule has 0 spiro atoms. The number of hydrogen-bond acceptors (Lipinski definition) is 5. The van der Waals surface area contributed by atoms with E-state index < -0.39 is 11.7 Å². The van der Waals surface area contributed by atoms with Gasteiger partial charge >= 0.3 is 0 Å². The molecule has 1 unspecified atom stereocenters. The van der Waals surface area contributed by atoms with Gasteiger partial charge in [0.05, 0.1) is 18.1 Å². The van der Waals surface area contributed by atoms with Gasteiger partial charge in [0.25, 0.3) is 5.56 Å². The summed E-state index contributed by atoms with van der Waals surface area (Å²) in [5, 5.41) is 19.0. The van der Waals surface area contributed by atoms with Crippen molar-refractivity contribution in [2.24, 2.45) is 5.73 Å². The van der Waals surface area contributed by atoms with Crippen LogP contribution in [0.5, 0.6) is 5.75 Å². The van der Waals surface area contributed by atoms with Crippen LogP contribution in [-0.2, 0) is 13.0 Å². The molecule has 140 valence electrons. The van der Waals surface area contributed by atoms with Crippen molar-refractivity contribution in [2.45, 2.75) is 32.2 Å². The molecule has 7 heteroatoms. The van der Waals surface area contributed by atoms with E-state index >= 15 is 0 Å². The Balaban J connectivity index is 2.29. The lowest BCUT2D eigenvalue weighted by molar-refractivity contribution is 0.271. The zero-order chi connectivity index (χ0) is 19.6. The van der Waals surface area contributed by atoms with E-state index in [2.05, 4.69) is 0 Å². The molecule has 0 radical (unpaired) electrons. The summed E-state index contributed by atoms with van der Waals surface area (Å²) in [6, 6.07) is 9.33. The van der Waals surface area contributed by atoms with Crippen LogP contribution in [0, 0.1) is 17.1 Å². The summed E-state index contributed by atoms with van der Waals surface area (Å²) in [5.41, 5.74) is 7.25. The molecule has 1 aromatic heterocycles. The van der Waals surface area contributed by atoms with Gasteiger partial charge in [-0.3, -0.25) is 4.79 Å². The number of benzene rings is 1. The van der Waals surface area contributed by atoms with Gasteiger partial charge in [0.2, 0.25) is 5.88 Å². The number of ether oxygens (including phenoxy) is 1. The minimum atomic E-state index is -0.757. The molecule has 27 heavy (non-hydrogen) atoms. The first kappa shape index (κ1) is 18.7. The molecule has 0 bridgehead atoms. The van der Waals surface area contributed by atoms with Crippen molar-refractivity contribution in [3.05, 3.63) is 74.8 Å². The van der Waals surface area contributed by atoms with Crippen molar-refractivity contribution < 1.29 is 14.2 Å². The maximum atomic E-state index is 13.4. The van der Waals surface area contributed by atoms with Crippen molar-refractivity contribution in [2.75, 3.05) is 6.61 Å². The molecular weight excluding hydrogens is 349 g/mol. The Kier molecular flexibility index (Phi) is 5.28. The Hall–Kier alpha value is -3.11. The molecule has 0 saturated carbocycles. The van der Waals surface area contributed by atoms with E-state index in [0.29, 0.717) is 17.7 Å². The number of aromatic nitrogens is 1. The van der Waals surface area contributed by atoms with Crippen molar-refractivity contribution in [3.8, 4) is 11.8 Å². The van der Waals surface area contributed by atoms with E-state index in [0.717, 1.165) is 12.1 Å². The average Bonchev–Trinajstić information content (AvgIpc) is 2.65. The lowest BCUT2D eigenvalue weighted by Gasteiger charge is -2.27. The molecule has 2 heterocycles. The van der Waals surface area contributed by atoms with Gasteiger partial charge in [-0.1, -0.05) is 25.5 Å². The van der Waals surface area contributed by atoms with Gasteiger partial charge in [-0.2, -0.15) is 5.26 Å². The number of allylic oxidation sites excluding steroid dienone is 1. The molecule has 1 aliphatic rings. The van der Waals surface area contributed by atoms with E-state index in [1.165, 1.54) is 28.8 Å². The Morgan fingerprint density at radius 1 is 1.37 bits per heavy atom. The molecule has 3 rings (SSSR count). The summed E-state index contributed by atoms with van der Waals surface area (Å²) in [5.74, 6) is -0.950. The topological polar surface area (TPSA) is 101 Å². The van der Waals surface area contributed by atoms with Gasteiger partial charge in [0.15, 0.2) is 0 Å². The van der Waals surface area contributed by atoms with Crippen molar-refractivity contribution in [1.29, 1.82) is 5.26 Å². The number of halogens is 1. The van der Waals surface area contributed by atoms with E-state index in [9.17, 15) is 19.6 Å². The van der Waals surface area contributed by atoms with E-state index in [1.807, 2.05) is 13.0 Å². The van der Waals surface area contributed by atoms with Gasteiger partial charge in [-0.05, 0) is 24.1 Å². The highest BCUT2D eigenvalue weighted by Gasteiger charge is 2.34. The Labute approximate surface area is 155 Å². The monoisotopic (exact) mass is 369 g/mol. The first-order valence-electron chi connectivity index (χ1n) is 8.72. The molecule has 1 aromatic carbocycles. The van der Waals surface area contributed by atoms with Gasteiger partial charge < -0.3 is 20.1 Å². The second-order valence-corrected chi connectivity index (χ2v) is 6.32. The number of rotatable bonds is 5. The molecule has 2 aromatic rings. The third-order valence-electron chi connectivity index (χ3n) is 4.60. The van der Waals surface area contributed by atoms with Gasteiger partial charge in [0, 0.05) is 18.3 Å². The van der Waals surface area contributed by atoms with Crippen LogP contribution < -0.4 is 16.0 Å². The summed E-state index contributed by atoms with van der Waals surface area (Å²) in [6.45, 7) is 1.93. The number of pyridine rings is 1. The highest BCUT2D eigenvalue weighted by Crippen LogP contribution is 2.40. The van der Waals surface area contributed by atoms with E-state index in [-0.39, 0.29) is 35.7 Å². The Morgan fingerprint density at radius 2 is 2.07 bits per heavy atom. The fraction of sp³-hybridized carbons (Fsp3) is 0.300. The third kappa shape index (κ3) is 3.32. The van der Waals surface area contributed by atoms with Crippen molar-refractivity contribution in [1.82, 2.24) is 4.57 Å². The largest absolute Gasteiger partial charge is 0.440 e. The van der Waals surface area contributed by atoms with Crippen LogP contribution in [-0.4, -0.2) is 16.3 Å². The summed E-state index contributed by atoms with van der Waals surface area (Å²) in [4.78, 5) is 13.2. The van der Waals surface area contributed by atoms with Crippen molar-refractivity contribution in [3.63, 3.8) is 0 Å². The van der Waals surface area contributed by atoms with Gasteiger partial charge in [-0.15, -0.1) is 0 Å². The molecule has 6 nitrogen and oxygen atoms in total. The lowest BCUT2D eigenvalue weighted by atomic mass is 9.84. The predicted octanol–water partition coefficient (Wildman–Crippen LogP) is 2.15. The molecule has 0 amide bonds. The molecule has 0 fully saturated rings. The lowest BCUT2D eigenvalue weighted by Crippen LogP contribution is -2.34. The van der Waals surface area contributed by atoms with Crippen LogP contribution in [0.1, 0.15) is 36.1 Å². The van der Waals surface area contributed by atoms with Crippen LogP contribution in [0.15, 0.2) is 46.6 Å². The maximum absolute atomic E-state index is 13.4. The number of hydrogen-bond donors (Lipinski definition) is 2. The predicted molar refractivity (Wildman–Crippen MR) is 97.5 cm³/mol. The zero-order valence-corrected chi connectivity index (χ0v) is 14.9. The van der Waals surface area contributed by atoms with Crippen LogP contribution in [0.25, 0.3) is 0 Å². The highest BCUT2D eigenvalue weighted by molar-refractivity contribution is 5.55. The van der Waals surface area contributed by atoms with Gasteiger partial charge in [0.1, 0.15) is 23.2 Å². The first-order chi connectivity index (χ1) is 13.0. The number of aliphatic hydroxyl groups is 1. The smallest absolute Gasteiger partial charge is 0.258 e. The zero-order valence-electron chi connectivity index (χ0n) is 14.9. The molecule has 1 atom stereocenters. The summed E-state index contributed by atoms with van der Waals surface area (Å²) < 4.78 is 20.5. The minimum absolute atomic E-state index is 0.0684. The fourth-order valence-corrected chi connectivity index (χ4v) is 3.42. The maximum Gasteiger partial charge on any atom is 0.258 e. The van der Waals surface area contributed by atoms with Crippen LogP contribution in [0.4, 0.5) is 4.39 Å². The van der Waals surface area contributed by atoms with Crippen LogP contribution in [0.2, 0.25) is 0 Å². The van der Waals surface area contributed by atoms with E-state index in [4.69, 9.17) is 10.5 Å². The normalized spacial score (nSPS) is 15.9. The number of nitrogens with zero attached hydrogens (tertiary/aromatic N) is 2. The van der Waals surface area contributed by atoms with Crippen LogP contribution >= 0.6 is 0 Å². The summed E-state index contributed by atoms with van der Waals surface area (Å²) in [6.07, 6.45) is 1.43. The second kappa shape index (κ2) is 7.64. The molecule has 0 aliphatic carbocycles. The SMILES string of the molecule is CCCc1cc2c(c(=O)n1CCO)C(c1ccc(F)cc1)C(C#N)=C(N)O2. The average molecular weight is 369 g/mol. The van der Waals surface area contributed by atoms with Crippen molar-refractivity contribution >= 4 is 0 Å². The van der Waals surface area contributed by atoms with E-state index in [1.54, 1.807) is 6.07 Å². The number of nitriles is 1. The summed E-state index contributed by atoms with van der Waals surface area (Å²) >= 11 is 0. The summed E-state index contributed by atoms with van der Waals surface area (Å²) in [7, 11) is 0. The Bertz CT molecular complexity index is 987. The quantitative estimate of drug-likeness (QED) is 0.841. The minimum Gasteiger partial charge on any atom is -0.440 e. The number of nitrogens with two attached hydrogens (primary N) is 1. The Morgan fingerprint density at radius 3 is 2.67 bits per heavy atom. The number of aliphatic hydroxyl groups excluding tert-OH is 1.